The van der Waals surface area contributed by atoms with Gasteiger partial charge < -0.3 is 29.7 Å². The minimum Gasteiger partial charge on any atom is -0.379 e. The van der Waals surface area contributed by atoms with E-state index in [9.17, 15) is 14.2 Å². The molecule has 0 aromatic carbocycles. The molecule has 3 N–H and O–H groups in total. The van der Waals surface area contributed by atoms with Crippen LogP contribution in [0.2, 0.25) is 0 Å². The van der Waals surface area contributed by atoms with E-state index < -0.39 is 7.82 Å². The Bertz CT molecular complexity index is 643. The number of ether oxygens (including phenoxy) is 3. The van der Waals surface area contributed by atoms with E-state index in [-0.39, 0.29) is 37.1 Å². The van der Waals surface area contributed by atoms with Gasteiger partial charge in [-0.3, -0.25) is 13.8 Å². The van der Waals surface area contributed by atoms with Crippen LogP contribution in [-0.2, 0) is 32.6 Å². The SMILES string of the molecule is COP(=O)(O)OCCOCCOCCOCCCC(=O)CCCCC1SCC2NC(=O)NC21. The van der Waals surface area contributed by atoms with E-state index in [0.717, 1.165) is 32.1 Å². The number of carbonyl (C=O) groups excluding carboxylic acids is 2. The standard InChI is InChI=1S/C20H37N2O9PS/c1-27-32(25,26)31-14-13-30-12-11-29-10-9-28-8-4-6-16(23)5-2-3-7-18-19-17(15-33-18)21-20(24)22-19/h17-19H,2-15H2,1H3,(H,25,26)(H2,21,22,24). The zero-order chi connectivity index (χ0) is 23.9. The highest BCUT2D eigenvalue weighted by molar-refractivity contribution is 8.00. The van der Waals surface area contributed by atoms with Gasteiger partial charge in [0.1, 0.15) is 5.78 Å². The molecule has 192 valence electrons. The van der Waals surface area contributed by atoms with Crippen molar-refractivity contribution in [2.45, 2.75) is 55.9 Å². The summed E-state index contributed by atoms with van der Waals surface area (Å²) in [5.41, 5.74) is 0. The number of rotatable bonds is 20. The highest BCUT2D eigenvalue weighted by Crippen LogP contribution is 2.41. The first-order valence-corrected chi connectivity index (χ1v) is 13.9. The smallest absolute Gasteiger partial charge is 0.379 e. The summed E-state index contributed by atoms with van der Waals surface area (Å²) >= 11 is 1.90. The minimum atomic E-state index is -3.94. The van der Waals surface area contributed by atoms with Crippen LogP contribution in [0.1, 0.15) is 38.5 Å². The number of nitrogens with one attached hydrogen (secondary N) is 2. The lowest BCUT2D eigenvalue weighted by atomic mass is 10.0. The molecule has 2 heterocycles. The van der Waals surface area contributed by atoms with Gasteiger partial charge >= 0.3 is 13.9 Å². The molecule has 0 bridgehead atoms. The molecule has 33 heavy (non-hydrogen) atoms. The lowest BCUT2D eigenvalue weighted by Gasteiger charge is -2.16. The van der Waals surface area contributed by atoms with Gasteiger partial charge in [-0.05, 0) is 19.3 Å². The molecule has 2 aliphatic rings. The molecule has 0 spiro atoms. The summed E-state index contributed by atoms with van der Waals surface area (Å²) in [7, 11) is -2.84. The maximum absolute atomic E-state index is 12.0. The van der Waals surface area contributed by atoms with Crippen molar-refractivity contribution < 1.29 is 42.3 Å². The number of fused-ring (bicyclic) bond motifs is 1. The molecular weight excluding hydrogens is 475 g/mol. The molecule has 0 aliphatic carbocycles. The molecule has 11 nitrogen and oxygen atoms in total. The van der Waals surface area contributed by atoms with Crippen molar-refractivity contribution in [3.05, 3.63) is 0 Å². The Morgan fingerprint density at radius 1 is 1.00 bits per heavy atom. The fourth-order valence-corrected chi connectivity index (χ4v) is 5.57. The highest BCUT2D eigenvalue weighted by atomic mass is 32.2. The number of amides is 2. The summed E-state index contributed by atoms with van der Waals surface area (Å²) in [5.74, 6) is 1.24. The summed E-state index contributed by atoms with van der Waals surface area (Å²) in [6.07, 6.45) is 4.76. The van der Waals surface area contributed by atoms with Crippen LogP contribution in [0, 0.1) is 0 Å². The first kappa shape index (κ1) is 28.5. The van der Waals surface area contributed by atoms with Crippen molar-refractivity contribution in [3.63, 3.8) is 0 Å². The van der Waals surface area contributed by atoms with E-state index in [2.05, 4.69) is 19.7 Å². The summed E-state index contributed by atoms with van der Waals surface area (Å²) in [6, 6.07) is 0.428. The number of hydrogen-bond acceptors (Lipinski definition) is 9. The van der Waals surface area contributed by atoms with Gasteiger partial charge in [0.15, 0.2) is 0 Å². The molecule has 2 rings (SSSR count). The Morgan fingerprint density at radius 2 is 1.64 bits per heavy atom. The van der Waals surface area contributed by atoms with E-state index in [4.69, 9.17) is 19.1 Å². The quantitative estimate of drug-likeness (QED) is 0.126. The number of hydrogen-bond donors (Lipinski definition) is 3. The van der Waals surface area contributed by atoms with Gasteiger partial charge in [-0.1, -0.05) is 6.42 Å². The van der Waals surface area contributed by atoms with Gasteiger partial charge in [0.2, 0.25) is 0 Å². The normalized spacial score (nSPS) is 23.7. The van der Waals surface area contributed by atoms with Crippen LogP contribution in [0.3, 0.4) is 0 Å². The van der Waals surface area contributed by atoms with E-state index in [1.54, 1.807) is 0 Å². The van der Waals surface area contributed by atoms with Crippen LogP contribution in [0.4, 0.5) is 4.79 Å². The molecule has 2 saturated heterocycles. The summed E-state index contributed by atoms with van der Waals surface area (Å²) in [5, 5.41) is 6.39. The fourth-order valence-electron chi connectivity index (χ4n) is 3.61. The second-order valence-electron chi connectivity index (χ2n) is 7.83. The highest BCUT2D eigenvalue weighted by Gasteiger charge is 2.42. The third-order valence-corrected chi connectivity index (χ3v) is 7.81. The Balaban J connectivity index is 1.30. The van der Waals surface area contributed by atoms with Gasteiger partial charge in [-0.2, -0.15) is 11.8 Å². The number of unbranched alkanes of at least 4 members (excludes halogenated alkanes) is 1. The first-order chi connectivity index (χ1) is 15.9. The van der Waals surface area contributed by atoms with Gasteiger partial charge in [-0.15, -0.1) is 0 Å². The van der Waals surface area contributed by atoms with E-state index in [1.165, 1.54) is 0 Å². The van der Waals surface area contributed by atoms with Crippen molar-refractivity contribution in [1.29, 1.82) is 0 Å². The Kier molecular flexibility index (Phi) is 13.9. The molecule has 0 saturated carbocycles. The van der Waals surface area contributed by atoms with E-state index >= 15 is 0 Å². The van der Waals surface area contributed by atoms with Gasteiger partial charge in [-0.25, -0.2) is 9.36 Å². The van der Waals surface area contributed by atoms with Crippen molar-refractivity contribution in [2.24, 2.45) is 0 Å². The average molecular weight is 513 g/mol. The summed E-state index contributed by atoms with van der Waals surface area (Å²) in [6.45, 7) is 2.25. The van der Waals surface area contributed by atoms with Crippen LogP contribution in [0.5, 0.6) is 0 Å². The largest absolute Gasteiger partial charge is 0.471 e. The number of urea groups is 1. The van der Waals surface area contributed by atoms with E-state index in [0.29, 0.717) is 57.5 Å². The second kappa shape index (κ2) is 16.0. The summed E-state index contributed by atoms with van der Waals surface area (Å²) < 4.78 is 35.9. The molecule has 0 radical (unpaired) electrons. The number of thioether (sulfide) groups is 1. The van der Waals surface area contributed by atoms with Crippen LogP contribution in [-0.4, -0.2) is 93.2 Å². The molecule has 2 fully saturated rings. The Morgan fingerprint density at radius 3 is 2.33 bits per heavy atom. The van der Waals surface area contributed by atoms with Crippen molar-refractivity contribution >= 4 is 31.4 Å². The van der Waals surface area contributed by atoms with Gasteiger partial charge in [0.05, 0.1) is 51.7 Å². The molecule has 4 unspecified atom stereocenters. The van der Waals surface area contributed by atoms with Crippen molar-refractivity contribution in [2.75, 3.05) is 59.1 Å². The van der Waals surface area contributed by atoms with Gasteiger partial charge in [0, 0.05) is 37.6 Å². The monoisotopic (exact) mass is 512 g/mol. The molecule has 0 aromatic heterocycles. The van der Waals surface area contributed by atoms with Crippen molar-refractivity contribution in [1.82, 2.24) is 10.6 Å². The number of phosphoric acid groups is 1. The molecule has 0 aromatic rings. The van der Waals surface area contributed by atoms with Crippen molar-refractivity contribution in [3.8, 4) is 0 Å². The number of ketones is 1. The molecular formula is C20H37N2O9PS. The predicted octanol–water partition coefficient (Wildman–Crippen LogP) is 1.87. The van der Waals surface area contributed by atoms with E-state index in [1.807, 2.05) is 11.8 Å². The maximum atomic E-state index is 12.0. The number of Topliss-reactive ketones (excluding diaryl/α,β-unsaturated/α-hetero) is 1. The molecule has 4 atom stereocenters. The topological polar surface area (TPSA) is 142 Å². The molecule has 13 heteroatoms. The lowest BCUT2D eigenvalue weighted by Crippen LogP contribution is -2.36. The second-order valence-corrected chi connectivity index (χ2v) is 10.7. The fraction of sp³-hybridized carbons (Fsp3) is 0.900. The molecule has 2 amide bonds. The third kappa shape index (κ3) is 12.0. The third-order valence-electron chi connectivity index (χ3n) is 5.33. The lowest BCUT2D eigenvalue weighted by molar-refractivity contribution is -0.119. The average Bonchev–Trinajstić information content (AvgIpc) is 3.33. The van der Waals surface area contributed by atoms with Crippen LogP contribution in [0.15, 0.2) is 0 Å². The van der Waals surface area contributed by atoms with Crippen LogP contribution in [0.25, 0.3) is 0 Å². The Labute approximate surface area is 199 Å². The zero-order valence-corrected chi connectivity index (χ0v) is 20.9. The Hall–Kier alpha value is -0.720. The molecule has 2 aliphatic heterocycles. The number of carbonyl (C=O) groups is 2. The van der Waals surface area contributed by atoms with Crippen LogP contribution < -0.4 is 10.6 Å². The maximum Gasteiger partial charge on any atom is 0.471 e. The predicted molar refractivity (Wildman–Crippen MR) is 123 cm³/mol. The minimum absolute atomic E-state index is 0.0404. The van der Waals surface area contributed by atoms with Gasteiger partial charge in [0.25, 0.3) is 0 Å². The summed E-state index contributed by atoms with van der Waals surface area (Å²) in [4.78, 5) is 32.4. The van der Waals surface area contributed by atoms with Crippen LogP contribution >= 0.6 is 19.6 Å². The number of phosphoric ester groups is 1. The zero-order valence-electron chi connectivity index (χ0n) is 19.2. The first-order valence-electron chi connectivity index (χ1n) is 11.4.